The van der Waals surface area contributed by atoms with Gasteiger partial charge in [0.05, 0.1) is 5.41 Å². The van der Waals surface area contributed by atoms with Gasteiger partial charge in [0.1, 0.15) is 0 Å². The molecule has 0 heterocycles. The van der Waals surface area contributed by atoms with E-state index in [1.54, 1.807) is 0 Å². The molecule has 4 heteroatoms. The largest absolute Gasteiger partial charge is 0.310 e. The summed E-state index contributed by atoms with van der Waals surface area (Å²) in [7, 11) is 0. The van der Waals surface area contributed by atoms with Crippen molar-refractivity contribution >= 4 is 89.8 Å². The van der Waals surface area contributed by atoms with Crippen molar-refractivity contribution in [2.45, 2.75) is 33.1 Å². The molecule has 0 saturated heterocycles. The van der Waals surface area contributed by atoms with E-state index >= 15 is 0 Å². The van der Waals surface area contributed by atoms with Gasteiger partial charge in [0.2, 0.25) is 0 Å². The highest BCUT2D eigenvalue weighted by atomic mass is 15.2. The lowest BCUT2D eigenvalue weighted by Crippen LogP contribution is -2.29. The molecule has 0 bridgehead atoms. The Hall–Kier alpha value is -10.4. The molecular weight excluding hydrogens is 1000 g/mol. The Morgan fingerprint density at radius 3 is 0.747 bits per heavy atom. The smallest absolute Gasteiger partial charge is 0.0715 e. The molecule has 0 atom stereocenters. The zero-order chi connectivity index (χ0) is 56.0. The van der Waals surface area contributed by atoms with Gasteiger partial charge in [0.25, 0.3) is 0 Å². The summed E-state index contributed by atoms with van der Waals surface area (Å²) >= 11 is 0. The second kappa shape index (κ2) is 21.2. The van der Waals surface area contributed by atoms with Gasteiger partial charge in [-0.05, 0) is 239 Å². The summed E-state index contributed by atoms with van der Waals surface area (Å²) in [5, 5.41) is 4.94. The molecule has 0 aliphatic heterocycles. The monoisotopic (exact) mass is 1070 g/mol. The van der Waals surface area contributed by atoms with Gasteiger partial charge in [-0.1, -0.05) is 158 Å². The summed E-state index contributed by atoms with van der Waals surface area (Å²) in [6, 6.07) is 112. The van der Waals surface area contributed by atoms with Crippen LogP contribution >= 0.6 is 0 Å². The average Bonchev–Trinajstić information content (AvgIpc) is 1.64. The SMILES string of the molecule is Cc1cccc(N(c2ccc(N(c3ccccc3)c3cc4c5c(ccc6cc(N(c7ccccc7)c7ccc(N(c8cccc(C)c8)c8cccc(C)c8)cc7)cc(c65)C4(c4ccccc4)c4ccccc4)c3)cc2)c2cccc(C)c2)c1. The van der Waals surface area contributed by atoms with Gasteiger partial charge in [-0.25, -0.2) is 0 Å². The third-order valence-electron chi connectivity index (χ3n) is 16.5. The van der Waals surface area contributed by atoms with Crippen molar-refractivity contribution < 1.29 is 0 Å². The van der Waals surface area contributed by atoms with Gasteiger partial charge in [-0.3, -0.25) is 0 Å². The summed E-state index contributed by atoms with van der Waals surface area (Å²) in [5.74, 6) is 0. The molecule has 1 aliphatic rings. The second-order valence-electron chi connectivity index (χ2n) is 22.1. The molecule has 398 valence electrons. The maximum Gasteiger partial charge on any atom is 0.0715 e. The summed E-state index contributed by atoms with van der Waals surface area (Å²) in [5.41, 5.74) is 22.2. The minimum atomic E-state index is -0.711. The highest BCUT2D eigenvalue weighted by Gasteiger charge is 2.46. The van der Waals surface area contributed by atoms with Crippen molar-refractivity contribution in [3.63, 3.8) is 0 Å². The first-order chi connectivity index (χ1) is 40.8. The topological polar surface area (TPSA) is 13.0 Å². The van der Waals surface area contributed by atoms with E-state index in [2.05, 4.69) is 351 Å². The van der Waals surface area contributed by atoms with Crippen molar-refractivity contribution in [2.75, 3.05) is 19.6 Å². The van der Waals surface area contributed by atoms with Crippen LogP contribution in [-0.4, -0.2) is 0 Å². The van der Waals surface area contributed by atoms with E-state index in [4.69, 9.17) is 0 Å². The van der Waals surface area contributed by atoms with Crippen LogP contribution in [0, 0.1) is 27.7 Å². The summed E-state index contributed by atoms with van der Waals surface area (Å²) < 4.78 is 0. The van der Waals surface area contributed by atoms with Gasteiger partial charge >= 0.3 is 0 Å². The number of aryl methyl sites for hydroxylation is 4. The lowest BCUT2D eigenvalue weighted by atomic mass is 9.67. The van der Waals surface area contributed by atoms with E-state index in [0.717, 1.165) is 68.2 Å². The maximum absolute atomic E-state index is 2.50. The first-order valence-electron chi connectivity index (χ1n) is 28.7. The molecule has 0 unspecified atom stereocenters. The third kappa shape index (κ3) is 9.15. The Bertz CT molecular complexity index is 4100. The molecule has 4 nitrogen and oxygen atoms in total. The molecular formula is C79H62N4. The van der Waals surface area contributed by atoms with E-state index in [9.17, 15) is 0 Å². The standard InChI is InChI=1S/C79H62N4/c1-55-21-17-33-69(47-55)82(70-34-18-22-56(2)48-70)67-43-39-65(40-44-67)80(63-29-13-7-14-30-63)73-51-59-37-38-60-52-74(54-76-78(60)77(59)75(53-73)79(76,61-25-9-5-10-26-61)62-27-11-6-12-28-62)81(64-31-15-8-16-32-64)66-41-45-68(46-42-66)83(71-35-19-23-57(3)49-71)72-36-20-24-58(4)50-72/h5-54H,1-4H3. The summed E-state index contributed by atoms with van der Waals surface area (Å²) in [6.07, 6.45) is 0. The fourth-order valence-electron chi connectivity index (χ4n) is 13.0. The van der Waals surface area contributed by atoms with Crippen LogP contribution in [0.4, 0.5) is 68.2 Å². The quantitative estimate of drug-likeness (QED) is 0.101. The minimum absolute atomic E-state index is 0.711. The van der Waals surface area contributed by atoms with Gasteiger partial charge in [0, 0.05) is 68.2 Å². The predicted octanol–water partition coefficient (Wildman–Crippen LogP) is 21.8. The van der Waals surface area contributed by atoms with E-state index in [1.807, 2.05) is 0 Å². The van der Waals surface area contributed by atoms with Crippen molar-refractivity contribution in [3.05, 3.63) is 348 Å². The Morgan fingerprint density at radius 2 is 0.458 bits per heavy atom. The zero-order valence-electron chi connectivity index (χ0n) is 47.2. The van der Waals surface area contributed by atoms with Crippen LogP contribution in [-0.2, 0) is 5.41 Å². The van der Waals surface area contributed by atoms with Crippen molar-refractivity contribution in [1.82, 2.24) is 0 Å². The molecule has 13 aromatic carbocycles. The number of rotatable bonds is 14. The second-order valence-corrected chi connectivity index (χ2v) is 22.1. The first kappa shape index (κ1) is 50.8. The molecule has 1 aliphatic carbocycles. The van der Waals surface area contributed by atoms with E-state index < -0.39 is 5.41 Å². The Kier molecular flexibility index (Phi) is 13.0. The normalized spacial score (nSPS) is 12.2. The molecule has 0 amide bonds. The number of para-hydroxylation sites is 2. The molecule has 13 aromatic rings. The lowest BCUT2D eigenvalue weighted by Gasteiger charge is -2.36. The zero-order valence-corrected chi connectivity index (χ0v) is 47.2. The molecule has 0 fully saturated rings. The van der Waals surface area contributed by atoms with Crippen molar-refractivity contribution in [2.24, 2.45) is 0 Å². The number of benzene rings is 13. The Labute approximate surface area is 487 Å². The molecule has 0 radical (unpaired) electrons. The Balaban J connectivity index is 0.953. The highest BCUT2D eigenvalue weighted by molar-refractivity contribution is 6.18. The fraction of sp³-hybridized carbons (Fsp3) is 0.0633. The van der Waals surface area contributed by atoms with Crippen LogP contribution in [0.5, 0.6) is 0 Å². The molecule has 83 heavy (non-hydrogen) atoms. The van der Waals surface area contributed by atoms with Gasteiger partial charge < -0.3 is 19.6 Å². The van der Waals surface area contributed by atoms with Crippen LogP contribution < -0.4 is 19.6 Å². The van der Waals surface area contributed by atoms with Gasteiger partial charge in [-0.15, -0.1) is 0 Å². The number of anilines is 12. The number of nitrogens with zero attached hydrogens (tertiary/aromatic N) is 4. The van der Waals surface area contributed by atoms with Crippen molar-refractivity contribution in [1.29, 1.82) is 0 Å². The lowest BCUT2D eigenvalue weighted by molar-refractivity contribution is 0.771. The van der Waals surface area contributed by atoms with Crippen LogP contribution in [0.1, 0.15) is 44.5 Å². The Morgan fingerprint density at radius 1 is 0.205 bits per heavy atom. The molecule has 14 rings (SSSR count). The van der Waals surface area contributed by atoms with Crippen LogP contribution in [0.2, 0.25) is 0 Å². The average molecular weight is 1070 g/mol. The number of hydrogen-bond donors (Lipinski definition) is 0. The van der Waals surface area contributed by atoms with Crippen molar-refractivity contribution in [3.8, 4) is 0 Å². The number of hydrogen-bond acceptors (Lipinski definition) is 4. The van der Waals surface area contributed by atoms with Gasteiger partial charge in [0.15, 0.2) is 0 Å². The minimum Gasteiger partial charge on any atom is -0.310 e. The summed E-state index contributed by atoms with van der Waals surface area (Å²) in [6.45, 7) is 8.64. The van der Waals surface area contributed by atoms with E-state index in [-0.39, 0.29) is 0 Å². The summed E-state index contributed by atoms with van der Waals surface area (Å²) in [4.78, 5) is 9.59. The van der Waals surface area contributed by atoms with Gasteiger partial charge in [-0.2, -0.15) is 0 Å². The fourth-order valence-corrected chi connectivity index (χ4v) is 13.0. The maximum atomic E-state index is 2.50. The van der Waals surface area contributed by atoms with E-state index in [0.29, 0.717) is 0 Å². The molecule has 0 N–H and O–H groups in total. The van der Waals surface area contributed by atoms with Crippen LogP contribution in [0.15, 0.2) is 303 Å². The van der Waals surface area contributed by atoms with Crippen LogP contribution in [0.25, 0.3) is 21.5 Å². The molecule has 0 aromatic heterocycles. The van der Waals surface area contributed by atoms with E-state index in [1.165, 1.54) is 66.1 Å². The molecule has 0 spiro atoms. The first-order valence-corrected chi connectivity index (χ1v) is 28.7. The van der Waals surface area contributed by atoms with Crippen LogP contribution in [0.3, 0.4) is 0 Å². The third-order valence-corrected chi connectivity index (χ3v) is 16.5. The highest BCUT2D eigenvalue weighted by Crippen LogP contribution is 2.59. The molecule has 0 saturated carbocycles. The predicted molar refractivity (Wildman–Crippen MR) is 351 cm³/mol.